The lowest BCUT2D eigenvalue weighted by molar-refractivity contribution is -0.120. The molecule has 2 aromatic carbocycles. The van der Waals surface area contributed by atoms with Crippen molar-refractivity contribution in [3.63, 3.8) is 0 Å². The van der Waals surface area contributed by atoms with Gasteiger partial charge >= 0.3 is 6.09 Å². The van der Waals surface area contributed by atoms with E-state index < -0.39 is 21.7 Å². The van der Waals surface area contributed by atoms with E-state index in [0.717, 1.165) is 28.3 Å². The molecule has 1 saturated carbocycles. The summed E-state index contributed by atoms with van der Waals surface area (Å²) in [6.07, 6.45) is 7.07. The number of benzene rings is 2. The first-order chi connectivity index (χ1) is 20.9. The standard InChI is InChI=1S/C28H35N3O3S2.C4H7NO3/c1-28(2,3)31-36(33,34)25-16-21(17-26(32)29-18-20-10-6-4-7-11-20)14-15-23(25)24-19-30-27(35-24)22-12-8-5-9-13-22;5-4(6)8-3-1-7-2-3/h4,6-7,10-11,14-16,19,22,31H,5,8-9,12-13,17-18H2,1-3H3,(H,29,32);3H,1-2H2,(H2,5,6). The van der Waals surface area contributed by atoms with Gasteiger partial charge in [0, 0.05) is 29.8 Å². The van der Waals surface area contributed by atoms with Crippen molar-refractivity contribution in [3.05, 3.63) is 70.9 Å². The first-order valence-corrected chi connectivity index (χ1v) is 17.2. The van der Waals surface area contributed by atoms with Crippen LogP contribution in [0.3, 0.4) is 0 Å². The van der Waals surface area contributed by atoms with Crippen molar-refractivity contribution < 1.29 is 27.5 Å². The van der Waals surface area contributed by atoms with Gasteiger partial charge < -0.3 is 20.5 Å². The summed E-state index contributed by atoms with van der Waals surface area (Å²) in [7, 11) is -3.83. The van der Waals surface area contributed by atoms with E-state index in [4.69, 9.17) is 4.74 Å². The number of rotatable bonds is 9. The second-order valence-electron chi connectivity index (χ2n) is 12.1. The number of nitrogens with one attached hydrogen (secondary N) is 2. The topological polar surface area (TPSA) is 150 Å². The second-order valence-corrected chi connectivity index (χ2v) is 14.8. The number of nitrogens with zero attached hydrogens (tertiary/aromatic N) is 1. The van der Waals surface area contributed by atoms with E-state index in [2.05, 4.69) is 25.5 Å². The highest BCUT2D eigenvalue weighted by Gasteiger charge is 2.27. The molecule has 1 saturated heterocycles. The molecule has 2 heterocycles. The van der Waals surface area contributed by atoms with Crippen LogP contribution in [0, 0.1) is 0 Å². The summed E-state index contributed by atoms with van der Waals surface area (Å²) in [5.41, 5.74) is 6.33. The summed E-state index contributed by atoms with van der Waals surface area (Å²) >= 11 is 1.58. The first-order valence-electron chi connectivity index (χ1n) is 14.9. The quantitative estimate of drug-likeness (QED) is 0.288. The molecule has 2 amide bonds. The van der Waals surface area contributed by atoms with E-state index >= 15 is 0 Å². The molecule has 2 fully saturated rings. The predicted molar refractivity (Wildman–Crippen MR) is 171 cm³/mol. The van der Waals surface area contributed by atoms with Crippen LogP contribution in [-0.2, 0) is 37.3 Å². The van der Waals surface area contributed by atoms with E-state index in [1.165, 1.54) is 19.3 Å². The summed E-state index contributed by atoms with van der Waals surface area (Å²) < 4.78 is 38.9. The zero-order valence-corrected chi connectivity index (χ0v) is 27.1. The summed E-state index contributed by atoms with van der Waals surface area (Å²) in [6, 6.07) is 15.0. The summed E-state index contributed by atoms with van der Waals surface area (Å²) in [5, 5.41) is 4.00. The van der Waals surface area contributed by atoms with E-state index in [0.29, 0.717) is 36.8 Å². The highest BCUT2D eigenvalue weighted by Crippen LogP contribution is 2.39. The molecule has 238 valence electrons. The van der Waals surface area contributed by atoms with Crippen LogP contribution < -0.4 is 15.8 Å². The molecular formula is C32H42N4O6S2. The molecule has 0 spiro atoms. The molecule has 1 aromatic heterocycles. The SMILES string of the molecule is CC(C)(C)NS(=O)(=O)c1cc(CC(=O)NCc2ccccc2)ccc1-c1cnc(C2CCCCC2)s1.NC(=O)OC1COC1. The number of carbonyl (C=O) groups is 2. The number of carbonyl (C=O) groups excluding carboxylic acids is 2. The molecule has 0 radical (unpaired) electrons. The molecule has 2 aliphatic rings. The maximum atomic E-state index is 13.5. The first kappa shape index (κ1) is 33.6. The van der Waals surface area contributed by atoms with Gasteiger partial charge in [0.1, 0.15) is 0 Å². The second kappa shape index (κ2) is 15.1. The number of amides is 2. The van der Waals surface area contributed by atoms with Gasteiger partial charge in [-0.1, -0.05) is 61.7 Å². The Morgan fingerprint density at radius 2 is 1.75 bits per heavy atom. The van der Waals surface area contributed by atoms with Crippen molar-refractivity contribution in [1.29, 1.82) is 0 Å². The van der Waals surface area contributed by atoms with Crippen molar-refractivity contribution in [2.24, 2.45) is 5.73 Å². The van der Waals surface area contributed by atoms with Gasteiger partial charge in [-0.15, -0.1) is 11.3 Å². The molecule has 4 N–H and O–H groups in total. The van der Waals surface area contributed by atoms with Crippen LogP contribution in [0.4, 0.5) is 4.79 Å². The minimum atomic E-state index is -3.83. The van der Waals surface area contributed by atoms with Crippen LogP contribution in [0.2, 0.25) is 0 Å². The van der Waals surface area contributed by atoms with Crippen molar-refractivity contribution >= 4 is 33.4 Å². The van der Waals surface area contributed by atoms with E-state index in [1.54, 1.807) is 23.6 Å². The van der Waals surface area contributed by atoms with Crippen molar-refractivity contribution in [2.75, 3.05) is 13.2 Å². The Morgan fingerprint density at radius 1 is 1.05 bits per heavy atom. The van der Waals surface area contributed by atoms with Crippen LogP contribution in [0.5, 0.6) is 0 Å². The van der Waals surface area contributed by atoms with E-state index in [-0.39, 0.29) is 23.3 Å². The van der Waals surface area contributed by atoms with Crippen molar-refractivity contribution in [1.82, 2.24) is 15.0 Å². The maximum absolute atomic E-state index is 13.5. The van der Waals surface area contributed by atoms with Gasteiger partial charge in [-0.3, -0.25) is 4.79 Å². The van der Waals surface area contributed by atoms with Crippen LogP contribution in [0.15, 0.2) is 59.6 Å². The minimum Gasteiger partial charge on any atom is -0.441 e. The number of thiazole rings is 1. The molecule has 0 bridgehead atoms. The third-order valence-corrected chi connectivity index (χ3v) is 10.1. The van der Waals surface area contributed by atoms with Gasteiger partial charge in [0.05, 0.1) is 34.4 Å². The molecule has 3 aromatic rings. The summed E-state index contributed by atoms with van der Waals surface area (Å²) in [5.74, 6) is 0.300. The Balaban J connectivity index is 0.000000479. The number of ether oxygens (including phenoxy) is 2. The molecule has 1 aliphatic heterocycles. The third-order valence-electron chi connectivity index (χ3n) is 7.11. The van der Waals surface area contributed by atoms with Gasteiger partial charge in [0.15, 0.2) is 6.10 Å². The Bertz CT molecular complexity index is 1510. The molecule has 44 heavy (non-hydrogen) atoms. The summed E-state index contributed by atoms with van der Waals surface area (Å²) in [6.45, 7) is 6.86. The largest absolute Gasteiger partial charge is 0.441 e. The van der Waals surface area contributed by atoms with Crippen LogP contribution in [0.1, 0.15) is 74.9 Å². The average Bonchev–Trinajstić information content (AvgIpc) is 3.44. The monoisotopic (exact) mass is 642 g/mol. The normalized spacial score (nSPS) is 15.9. The number of primary amides is 1. The lowest BCUT2D eigenvalue weighted by Crippen LogP contribution is -2.40. The zero-order chi connectivity index (χ0) is 31.7. The molecule has 1 aliphatic carbocycles. The zero-order valence-electron chi connectivity index (χ0n) is 25.5. The summed E-state index contributed by atoms with van der Waals surface area (Å²) in [4.78, 5) is 28.3. The fourth-order valence-corrected chi connectivity index (χ4v) is 7.88. The fourth-order valence-electron chi connectivity index (χ4n) is 5.00. The van der Waals surface area contributed by atoms with Gasteiger partial charge in [0.2, 0.25) is 15.9 Å². The molecule has 0 atom stereocenters. The average molecular weight is 643 g/mol. The molecule has 12 heteroatoms. The number of sulfonamides is 1. The third kappa shape index (κ3) is 10.1. The minimum absolute atomic E-state index is 0.0903. The highest BCUT2D eigenvalue weighted by atomic mass is 32.2. The van der Waals surface area contributed by atoms with Crippen LogP contribution >= 0.6 is 11.3 Å². The number of nitrogens with two attached hydrogens (primary N) is 1. The Labute approximate surface area is 263 Å². The Hall–Kier alpha value is -3.32. The predicted octanol–water partition coefficient (Wildman–Crippen LogP) is 5.27. The Kier molecular flexibility index (Phi) is 11.5. The van der Waals surface area contributed by atoms with Crippen molar-refractivity contribution in [3.8, 4) is 10.4 Å². The van der Waals surface area contributed by atoms with Gasteiger partial charge in [-0.25, -0.2) is 22.9 Å². The molecular weight excluding hydrogens is 601 g/mol. The smallest absolute Gasteiger partial charge is 0.404 e. The number of hydrogen-bond donors (Lipinski definition) is 3. The number of aromatic nitrogens is 1. The van der Waals surface area contributed by atoms with Gasteiger partial charge in [0.25, 0.3) is 0 Å². The maximum Gasteiger partial charge on any atom is 0.404 e. The lowest BCUT2D eigenvalue weighted by atomic mass is 9.90. The lowest BCUT2D eigenvalue weighted by Gasteiger charge is -2.24. The van der Waals surface area contributed by atoms with Crippen molar-refractivity contribution in [2.45, 2.75) is 88.3 Å². The van der Waals surface area contributed by atoms with E-state index in [1.807, 2.05) is 63.2 Å². The van der Waals surface area contributed by atoms with Crippen LogP contribution in [-0.4, -0.2) is 50.3 Å². The Morgan fingerprint density at radius 3 is 2.34 bits per heavy atom. The van der Waals surface area contributed by atoms with E-state index in [9.17, 15) is 18.0 Å². The van der Waals surface area contributed by atoms with Gasteiger partial charge in [-0.05, 0) is 50.8 Å². The highest BCUT2D eigenvalue weighted by molar-refractivity contribution is 7.89. The molecule has 10 nitrogen and oxygen atoms in total. The van der Waals surface area contributed by atoms with Crippen LogP contribution in [0.25, 0.3) is 10.4 Å². The fraction of sp³-hybridized carbons (Fsp3) is 0.469. The molecule has 0 unspecified atom stereocenters. The van der Waals surface area contributed by atoms with Gasteiger partial charge in [-0.2, -0.15) is 0 Å². The molecule has 5 rings (SSSR count). The number of hydrogen-bond acceptors (Lipinski definition) is 8.